The molecule has 23 heavy (non-hydrogen) atoms. The Labute approximate surface area is 141 Å². The zero-order chi connectivity index (χ0) is 16.2. The third-order valence-electron chi connectivity index (χ3n) is 4.22. The maximum atomic E-state index is 12.3. The van der Waals surface area contributed by atoms with E-state index in [1.165, 1.54) is 4.88 Å². The first-order valence-electron chi connectivity index (χ1n) is 8.31. The summed E-state index contributed by atoms with van der Waals surface area (Å²) in [5, 5.41) is 4.05. The maximum Gasteiger partial charge on any atom is 0.223 e. The fourth-order valence-electron chi connectivity index (χ4n) is 2.83. The van der Waals surface area contributed by atoms with Gasteiger partial charge in [-0.25, -0.2) is 4.98 Å². The van der Waals surface area contributed by atoms with Gasteiger partial charge in [0.25, 0.3) is 0 Å². The number of hydrogen-bond acceptors (Lipinski definition) is 4. The van der Waals surface area contributed by atoms with E-state index in [9.17, 15) is 4.79 Å². The van der Waals surface area contributed by atoms with E-state index < -0.39 is 0 Å². The van der Waals surface area contributed by atoms with Crippen LogP contribution >= 0.6 is 11.3 Å². The molecule has 2 aromatic heterocycles. The molecule has 0 saturated heterocycles. The summed E-state index contributed by atoms with van der Waals surface area (Å²) >= 11 is 1.68. The van der Waals surface area contributed by atoms with Crippen LogP contribution in [-0.4, -0.2) is 22.4 Å². The van der Waals surface area contributed by atoms with Gasteiger partial charge in [0.15, 0.2) is 0 Å². The minimum absolute atomic E-state index is 0.0895. The van der Waals surface area contributed by atoms with Crippen LogP contribution in [0.4, 0.5) is 0 Å². The van der Waals surface area contributed by atoms with Gasteiger partial charge >= 0.3 is 0 Å². The summed E-state index contributed by atoms with van der Waals surface area (Å²) in [6.45, 7) is 5.13. The van der Waals surface area contributed by atoms with Crippen LogP contribution in [0.25, 0.3) is 10.7 Å². The fraction of sp³-hybridized carbons (Fsp3) is 0.500. The number of pyridine rings is 1. The molecule has 1 aliphatic rings. The third kappa shape index (κ3) is 3.96. The SMILES string of the molecule is CC(C)CCNC(=O)C1CCc2nc(-c3ccccn3)sc2C1. The highest BCUT2D eigenvalue weighted by Crippen LogP contribution is 2.33. The van der Waals surface area contributed by atoms with Crippen molar-refractivity contribution < 1.29 is 4.79 Å². The minimum Gasteiger partial charge on any atom is -0.356 e. The van der Waals surface area contributed by atoms with E-state index in [1.807, 2.05) is 18.2 Å². The van der Waals surface area contributed by atoms with E-state index in [4.69, 9.17) is 4.98 Å². The van der Waals surface area contributed by atoms with Gasteiger partial charge in [0.05, 0.1) is 11.4 Å². The van der Waals surface area contributed by atoms with E-state index in [0.29, 0.717) is 5.92 Å². The van der Waals surface area contributed by atoms with Gasteiger partial charge in [0, 0.05) is 23.5 Å². The van der Waals surface area contributed by atoms with E-state index >= 15 is 0 Å². The molecule has 4 nitrogen and oxygen atoms in total. The Kier molecular flexibility index (Phi) is 5.06. The first-order chi connectivity index (χ1) is 11.1. The van der Waals surface area contributed by atoms with E-state index in [2.05, 4.69) is 24.1 Å². The maximum absolute atomic E-state index is 12.3. The van der Waals surface area contributed by atoms with Gasteiger partial charge in [-0.15, -0.1) is 11.3 Å². The molecule has 5 heteroatoms. The molecule has 0 fully saturated rings. The molecule has 1 amide bonds. The number of thiazole rings is 1. The van der Waals surface area contributed by atoms with Crippen LogP contribution in [-0.2, 0) is 17.6 Å². The molecular formula is C18H23N3OS. The van der Waals surface area contributed by atoms with Crippen molar-refractivity contribution in [1.82, 2.24) is 15.3 Å². The quantitative estimate of drug-likeness (QED) is 0.914. The largest absolute Gasteiger partial charge is 0.356 e. The minimum atomic E-state index is 0.0895. The van der Waals surface area contributed by atoms with Crippen molar-refractivity contribution >= 4 is 17.2 Å². The Morgan fingerprint density at radius 1 is 1.43 bits per heavy atom. The summed E-state index contributed by atoms with van der Waals surface area (Å²) in [4.78, 5) is 22.7. The zero-order valence-electron chi connectivity index (χ0n) is 13.7. The highest BCUT2D eigenvalue weighted by Gasteiger charge is 2.27. The van der Waals surface area contributed by atoms with Crippen molar-refractivity contribution in [1.29, 1.82) is 0 Å². The molecule has 1 atom stereocenters. The normalized spacial score (nSPS) is 17.1. The van der Waals surface area contributed by atoms with Gasteiger partial charge < -0.3 is 5.32 Å². The van der Waals surface area contributed by atoms with Gasteiger partial charge in [0.2, 0.25) is 5.91 Å². The van der Waals surface area contributed by atoms with Crippen molar-refractivity contribution in [3.8, 4) is 10.7 Å². The smallest absolute Gasteiger partial charge is 0.223 e. The second-order valence-electron chi connectivity index (χ2n) is 6.52. The summed E-state index contributed by atoms with van der Waals surface area (Å²) in [6.07, 6.45) is 5.43. The first kappa shape index (κ1) is 16.1. The molecule has 2 aromatic rings. The Balaban J connectivity index is 1.64. The van der Waals surface area contributed by atoms with Crippen molar-refractivity contribution in [2.75, 3.05) is 6.54 Å². The lowest BCUT2D eigenvalue weighted by molar-refractivity contribution is -0.125. The fourth-order valence-corrected chi connectivity index (χ4v) is 3.99. The number of carbonyl (C=O) groups is 1. The highest BCUT2D eigenvalue weighted by molar-refractivity contribution is 7.15. The number of aryl methyl sites for hydroxylation is 1. The summed E-state index contributed by atoms with van der Waals surface area (Å²) < 4.78 is 0. The van der Waals surface area contributed by atoms with E-state index in [0.717, 1.165) is 48.6 Å². The Bertz CT molecular complexity index is 666. The Morgan fingerprint density at radius 3 is 3.04 bits per heavy atom. The molecule has 0 aromatic carbocycles. The van der Waals surface area contributed by atoms with Gasteiger partial charge in [-0.3, -0.25) is 9.78 Å². The van der Waals surface area contributed by atoms with Gasteiger partial charge in [-0.05, 0) is 43.7 Å². The van der Waals surface area contributed by atoms with Crippen LogP contribution in [0.2, 0.25) is 0 Å². The molecule has 0 aliphatic heterocycles. The summed E-state index contributed by atoms with van der Waals surface area (Å²) in [5.41, 5.74) is 2.08. The van der Waals surface area contributed by atoms with E-state index in [-0.39, 0.29) is 11.8 Å². The molecule has 1 aliphatic carbocycles. The Hall–Kier alpha value is -1.75. The predicted molar refractivity (Wildman–Crippen MR) is 93.3 cm³/mol. The standard InChI is InChI=1S/C18H23N3OS/c1-12(2)8-10-20-17(22)13-6-7-14-16(11-13)23-18(21-14)15-5-3-4-9-19-15/h3-5,9,12-13H,6-8,10-11H2,1-2H3,(H,20,22). The molecule has 0 spiro atoms. The lowest BCUT2D eigenvalue weighted by Gasteiger charge is -2.20. The number of amides is 1. The average Bonchev–Trinajstić information content (AvgIpc) is 2.98. The number of nitrogens with zero attached hydrogens (tertiary/aromatic N) is 2. The average molecular weight is 329 g/mol. The second kappa shape index (κ2) is 7.21. The van der Waals surface area contributed by atoms with Gasteiger partial charge in [0.1, 0.15) is 5.01 Å². The van der Waals surface area contributed by atoms with Crippen molar-refractivity contribution in [3.05, 3.63) is 35.0 Å². The second-order valence-corrected chi connectivity index (χ2v) is 7.60. The molecule has 0 bridgehead atoms. The highest BCUT2D eigenvalue weighted by atomic mass is 32.1. The first-order valence-corrected chi connectivity index (χ1v) is 9.13. The monoisotopic (exact) mass is 329 g/mol. The summed E-state index contributed by atoms with van der Waals surface area (Å²) in [5.74, 6) is 0.909. The molecule has 122 valence electrons. The molecule has 3 rings (SSSR count). The summed E-state index contributed by atoms with van der Waals surface area (Å²) in [6, 6.07) is 5.88. The summed E-state index contributed by atoms with van der Waals surface area (Å²) in [7, 11) is 0. The van der Waals surface area contributed by atoms with Gasteiger partial charge in [-0.1, -0.05) is 19.9 Å². The molecule has 0 saturated carbocycles. The van der Waals surface area contributed by atoms with Crippen LogP contribution in [0.15, 0.2) is 24.4 Å². The molecule has 1 N–H and O–H groups in total. The number of aromatic nitrogens is 2. The molecule has 2 heterocycles. The van der Waals surface area contributed by atoms with Crippen LogP contribution < -0.4 is 5.32 Å². The van der Waals surface area contributed by atoms with Crippen LogP contribution in [0.5, 0.6) is 0 Å². The van der Waals surface area contributed by atoms with Crippen molar-refractivity contribution in [2.45, 2.75) is 39.5 Å². The van der Waals surface area contributed by atoms with Crippen molar-refractivity contribution in [3.63, 3.8) is 0 Å². The number of carbonyl (C=O) groups excluding carboxylic acids is 1. The lowest BCUT2D eigenvalue weighted by Crippen LogP contribution is -2.34. The number of rotatable bonds is 5. The van der Waals surface area contributed by atoms with Crippen LogP contribution in [0.3, 0.4) is 0 Å². The van der Waals surface area contributed by atoms with Crippen LogP contribution in [0.1, 0.15) is 37.3 Å². The molecule has 0 radical (unpaired) electrons. The Morgan fingerprint density at radius 2 is 2.30 bits per heavy atom. The number of hydrogen-bond donors (Lipinski definition) is 1. The molecular weight excluding hydrogens is 306 g/mol. The molecule has 1 unspecified atom stereocenters. The number of fused-ring (bicyclic) bond motifs is 1. The number of nitrogens with one attached hydrogen (secondary N) is 1. The third-order valence-corrected chi connectivity index (χ3v) is 5.36. The predicted octanol–water partition coefficient (Wildman–Crippen LogP) is 3.47. The topological polar surface area (TPSA) is 54.9 Å². The lowest BCUT2D eigenvalue weighted by atomic mass is 9.90. The van der Waals surface area contributed by atoms with Crippen LogP contribution in [0, 0.1) is 11.8 Å². The zero-order valence-corrected chi connectivity index (χ0v) is 14.5. The van der Waals surface area contributed by atoms with Crippen molar-refractivity contribution in [2.24, 2.45) is 11.8 Å². The van der Waals surface area contributed by atoms with E-state index in [1.54, 1.807) is 17.5 Å². The van der Waals surface area contributed by atoms with Gasteiger partial charge in [-0.2, -0.15) is 0 Å².